The summed E-state index contributed by atoms with van der Waals surface area (Å²) in [4.78, 5) is 0. The maximum absolute atomic E-state index is 6.68. The molecule has 0 atom stereocenters. The normalized spacial score (nSPS) is 17.9. The molecule has 1 heterocycles. The Balaban J connectivity index is 3.40. The zero-order chi connectivity index (χ0) is 17.3. The van der Waals surface area contributed by atoms with Crippen molar-refractivity contribution in [3.63, 3.8) is 0 Å². The molecule has 0 spiro atoms. The van der Waals surface area contributed by atoms with Crippen LogP contribution in [-0.4, -0.2) is 39.6 Å². The number of hydrogen-bond acceptors (Lipinski definition) is 3. The Labute approximate surface area is 146 Å². The van der Waals surface area contributed by atoms with Gasteiger partial charge in [-0.3, -0.25) is 4.57 Å². The minimum atomic E-state index is -2.45. The van der Waals surface area contributed by atoms with Gasteiger partial charge in [0.1, 0.15) is 0 Å². The molecule has 0 N–H and O–H groups in total. The van der Waals surface area contributed by atoms with Crippen molar-refractivity contribution in [1.82, 2.24) is 4.57 Å². The maximum Gasteiger partial charge on any atom is 0.434 e. The SMILES string of the molecule is CCO[Si](OCC)(N1CCCCC1)C(CC)(CC)C(CC)CC. The molecule has 1 rings (SSSR count). The van der Waals surface area contributed by atoms with Crippen molar-refractivity contribution in [3.05, 3.63) is 0 Å². The van der Waals surface area contributed by atoms with E-state index in [2.05, 4.69) is 46.1 Å². The lowest BCUT2D eigenvalue weighted by molar-refractivity contribution is 0.0604. The van der Waals surface area contributed by atoms with E-state index in [0.29, 0.717) is 5.92 Å². The van der Waals surface area contributed by atoms with Gasteiger partial charge in [0.2, 0.25) is 0 Å². The first-order valence-electron chi connectivity index (χ1n) is 10.1. The summed E-state index contributed by atoms with van der Waals surface area (Å²) in [6.45, 7) is 17.6. The molecule has 0 aromatic rings. The molecule has 3 nitrogen and oxygen atoms in total. The van der Waals surface area contributed by atoms with E-state index in [-0.39, 0.29) is 5.04 Å². The molecule has 1 aliphatic heterocycles. The van der Waals surface area contributed by atoms with Crippen molar-refractivity contribution in [3.8, 4) is 0 Å². The molecule has 1 aliphatic rings. The molecule has 23 heavy (non-hydrogen) atoms. The highest BCUT2D eigenvalue weighted by molar-refractivity contribution is 6.68. The third kappa shape index (κ3) is 4.02. The van der Waals surface area contributed by atoms with Crippen LogP contribution in [0.5, 0.6) is 0 Å². The molecule has 0 aromatic carbocycles. The summed E-state index contributed by atoms with van der Waals surface area (Å²) in [6, 6.07) is 0. The van der Waals surface area contributed by atoms with Gasteiger partial charge in [0.05, 0.1) is 0 Å². The van der Waals surface area contributed by atoms with Gasteiger partial charge in [-0.25, -0.2) is 0 Å². The van der Waals surface area contributed by atoms with Crippen LogP contribution in [0.2, 0.25) is 5.04 Å². The summed E-state index contributed by atoms with van der Waals surface area (Å²) in [7, 11) is -2.45. The minimum Gasteiger partial charge on any atom is -0.383 e. The molecule has 0 amide bonds. The van der Waals surface area contributed by atoms with E-state index in [1.807, 2.05) is 0 Å². The van der Waals surface area contributed by atoms with Crippen LogP contribution < -0.4 is 0 Å². The van der Waals surface area contributed by atoms with Gasteiger partial charge in [0.15, 0.2) is 0 Å². The molecule has 0 radical (unpaired) electrons. The third-order valence-electron chi connectivity index (χ3n) is 6.11. The summed E-state index contributed by atoms with van der Waals surface area (Å²) < 4.78 is 16.0. The second kappa shape index (κ2) is 10.2. The first kappa shape index (κ1) is 21.1. The molecule has 0 saturated carbocycles. The van der Waals surface area contributed by atoms with Crippen LogP contribution in [0.25, 0.3) is 0 Å². The number of nitrogens with zero attached hydrogens (tertiary/aromatic N) is 1. The van der Waals surface area contributed by atoms with E-state index in [1.54, 1.807) is 0 Å². The van der Waals surface area contributed by atoms with Gasteiger partial charge < -0.3 is 8.85 Å². The van der Waals surface area contributed by atoms with E-state index < -0.39 is 8.72 Å². The second-order valence-electron chi connectivity index (χ2n) is 6.87. The quantitative estimate of drug-likeness (QED) is 0.464. The average molecular weight is 344 g/mol. The fraction of sp³-hybridized carbons (Fsp3) is 1.00. The third-order valence-corrected chi connectivity index (χ3v) is 11.1. The molecule has 0 bridgehead atoms. The van der Waals surface area contributed by atoms with Crippen LogP contribution in [0.1, 0.15) is 86.5 Å². The van der Waals surface area contributed by atoms with Crippen LogP contribution in [0.4, 0.5) is 0 Å². The minimum absolute atomic E-state index is 0.194. The zero-order valence-electron chi connectivity index (χ0n) is 16.6. The Morgan fingerprint density at radius 1 is 0.826 bits per heavy atom. The number of rotatable bonds is 11. The predicted molar refractivity (Wildman–Crippen MR) is 102 cm³/mol. The number of piperidine rings is 1. The highest BCUT2D eigenvalue weighted by Gasteiger charge is 2.62. The van der Waals surface area contributed by atoms with Crippen molar-refractivity contribution in [1.29, 1.82) is 0 Å². The topological polar surface area (TPSA) is 21.7 Å². The fourth-order valence-corrected chi connectivity index (χ4v) is 10.2. The Morgan fingerprint density at radius 2 is 1.30 bits per heavy atom. The van der Waals surface area contributed by atoms with Crippen LogP contribution >= 0.6 is 0 Å². The lowest BCUT2D eigenvalue weighted by Crippen LogP contribution is -2.68. The van der Waals surface area contributed by atoms with Crippen molar-refractivity contribution in [2.24, 2.45) is 5.92 Å². The van der Waals surface area contributed by atoms with Crippen LogP contribution in [0.15, 0.2) is 0 Å². The zero-order valence-corrected chi connectivity index (χ0v) is 17.6. The van der Waals surface area contributed by atoms with Crippen LogP contribution in [-0.2, 0) is 8.85 Å². The summed E-state index contributed by atoms with van der Waals surface area (Å²) in [5, 5.41) is 0.194. The first-order chi connectivity index (χ1) is 11.1. The Bertz CT molecular complexity index is 304. The standard InChI is InChI=1S/C19H41NO2Si/c1-7-18(8-2)19(9-3,10-4)23(21-11-5,22-12-6)20-16-14-13-15-17-20/h18H,7-17H2,1-6H3. The summed E-state index contributed by atoms with van der Waals surface area (Å²) in [5.41, 5.74) is 0. The van der Waals surface area contributed by atoms with Gasteiger partial charge in [-0.05, 0) is 58.5 Å². The number of hydrogen-bond donors (Lipinski definition) is 0. The second-order valence-corrected chi connectivity index (χ2v) is 10.2. The molecule has 0 unspecified atom stereocenters. The van der Waals surface area contributed by atoms with Gasteiger partial charge in [-0.15, -0.1) is 0 Å². The summed E-state index contributed by atoms with van der Waals surface area (Å²) in [5.74, 6) is 0.684. The van der Waals surface area contributed by atoms with Crippen molar-refractivity contribution in [2.75, 3.05) is 26.3 Å². The lowest BCUT2D eigenvalue weighted by atomic mass is 9.83. The summed E-state index contributed by atoms with van der Waals surface area (Å²) in [6.07, 6.45) is 8.72. The monoisotopic (exact) mass is 343 g/mol. The van der Waals surface area contributed by atoms with Crippen molar-refractivity contribution in [2.45, 2.75) is 91.5 Å². The largest absolute Gasteiger partial charge is 0.434 e. The molecule has 0 aliphatic carbocycles. The molecule has 4 heteroatoms. The Kier molecular flexibility index (Phi) is 9.35. The van der Waals surface area contributed by atoms with Gasteiger partial charge in [-0.1, -0.05) is 47.0 Å². The molecular weight excluding hydrogens is 302 g/mol. The highest BCUT2D eigenvalue weighted by atomic mass is 28.4. The van der Waals surface area contributed by atoms with Crippen LogP contribution in [0, 0.1) is 5.92 Å². The van der Waals surface area contributed by atoms with Crippen LogP contribution in [0.3, 0.4) is 0 Å². The van der Waals surface area contributed by atoms with E-state index in [9.17, 15) is 0 Å². The highest BCUT2D eigenvalue weighted by Crippen LogP contribution is 2.56. The first-order valence-corrected chi connectivity index (χ1v) is 11.9. The Hall–Kier alpha value is 0.0969. The van der Waals surface area contributed by atoms with E-state index in [1.165, 1.54) is 44.9 Å². The molecular formula is C19H41NO2Si. The molecule has 0 aromatic heterocycles. The van der Waals surface area contributed by atoms with Gasteiger partial charge >= 0.3 is 8.72 Å². The van der Waals surface area contributed by atoms with E-state index in [4.69, 9.17) is 8.85 Å². The maximum atomic E-state index is 6.68. The van der Waals surface area contributed by atoms with Gasteiger partial charge in [0.25, 0.3) is 0 Å². The van der Waals surface area contributed by atoms with E-state index in [0.717, 1.165) is 26.3 Å². The molecule has 138 valence electrons. The van der Waals surface area contributed by atoms with Crippen molar-refractivity contribution < 1.29 is 8.85 Å². The smallest absolute Gasteiger partial charge is 0.383 e. The average Bonchev–Trinajstić information content (AvgIpc) is 2.60. The predicted octanol–water partition coefficient (Wildman–Crippen LogP) is 5.48. The van der Waals surface area contributed by atoms with Crippen molar-refractivity contribution >= 4 is 8.72 Å². The Morgan fingerprint density at radius 3 is 1.65 bits per heavy atom. The molecule has 1 saturated heterocycles. The summed E-state index contributed by atoms with van der Waals surface area (Å²) >= 11 is 0. The van der Waals surface area contributed by atoms with Gasteiger partial charge in [-0.2, -0.15) is 0 Å². The lowest BCUT2D eigenvalue weighted by Gasteiger charge is -2.55. The molecule has 1 fully saturated rings. The fourth-order valence-electron chi connectivity index (χ4n) is 5.01. The van der Waals surface area contributed by atoms with E-state index >= 15 is 0 Å². The van der Waals surface area contributed by atoms with Gasteiger partial charge in [0, 0.05) is 18.3 Å².